The minimum absolute atomic E-state index is 0.0537. The molecule has 1 fully saturated rings. The Morgan fingerprint density at radius 2 is 1.96 bits per heavy atom. The van der Waals surface area contributed by atoms with Crippen LogP contribution < -0.4 is 5.32 Å². The lowest BCUT2D eigenvalue weighted by atomic mass is 10.1. The molecule has 0 aliphatic carbocycles. The van der Waals surface area contributed by atoms with Crippen molar-refractivity contribution in [2.75, 3.05) is 32.8 Å². The van der Waals surface area contributed by atoms with Gasteiger partial charge in [0.05, 0.1) is 19.3 Å². The molecule has 3 heterocycles. The van der Waals surface area contributed by atoms with Gasteiger partial charge in [0.1, 0.15) is 11.5 Å². The monoisotopic (exact) mass is 381 g/mol. The van der Waals surface area contributed by atoms with Crippen molar-refractivity contribution < 1.29 is 18.5 Å². The number of amides is 1. The molecule has 0 radical (unpaired) electrons. The first kappa shape index (κ1) is 18.5. The van der Waals surface area contributed by atoms with Crippen molar-refractivity contribution in [3.8, 4) is 11.3 Å². The van der Waals surface area contributed by atoms with Crippen molar-refractivity contribution in [2.45, 2.75) is 13.0 Å². The fourth-order valence-electron chi connectivity index (χ4n) is 3.33. The Bertz CT molecular complexity index is 913. The minimum Gasteiger partial charge on any atom is -0.465 e. The minimum atomic E-state index is -0.271. The number of hydrogen-bond donors (Lipinski definition) is 1. The maximum absolute atomic E-state index is 12.6. The number of carbonyl (C=O) groups is 1. The molecule has 2 aromatic heterocycles. The van der Waals surface area contributed by atoms with Gasteiger partial charge in [0.15, 0.2) is 11.5 Å². The van der Waals surface area contributed by atoms with Gasteiger partial charge < -0.3 is 19.0 Å². The molecule has 0 spiro atoms. The van der Waals surface area contributed by atoms with E-state index in [1.165, 1.54) is 0 Å². The van der Waals surface area contributed by atoms with Crippen LogP contribution in [0.3, 0.4) is 0 Å². The number of morpholine rings is 1. The molecule has 1 amide bonds. The molecule has 1 aliphatic rings. The number of carbonyl (C=O) groups excluding carboxylic acids is 1. The van der Waals surface area contributed by atoms with Crippen LogP contribution in [0.5, 0.6) is 0 Å². The van der Waals surface area contributed by atoms with Crippen LogP contribution in [0.1, 0.15) is 28.1 Å². The second-order valence-electron chi connectivity index (χ2n) is 6.77. The second-order valence-corrected chi connectivity index (χ2v) is 6.77. The number of aromatic nitrogens is 1. The van der Waals surface area contributed by atoms with E-state index < -0.39 is 0 Å². The van der Waals surface area contributed by atoms with Crippen molar-refractivity contribution in [3.63, 3.8) is 0 Å². The van der Waals surface area contributed by atoms with Crippen LogP contribution in [0.4, 0.5) is 0 Å². The van der Waals surface area contributed by atoms with Gasteiger partial charge in [0.2, 0.25) is 0 Å². The lowest BCUT2D eigenvalue weighted by Crippen LogP contribution is -2.43. The van der Waals surface area contributed by atoms with Gasteiger partial charge in [-0.25, -0.2) is 0 Å². The van der Waals surface area contributed by atoms with E-state index in [4.69, 9.17) is 13.7 Å². The zero-order valence-electron chi connectivity index (χ0n) is 15.8. The van der Waals surface area contributed by atoms with Crippen LogP contribution >= 0.6 is 0 Å². The summed E-state index contributed by atoms with van der Waals surface area (Å²) in [4.78, 5) is 14.9. The Morgan fingerprint density at radius 3 is 2.68 bits per heavy atom. The molecule has 1 unspecified atom stereocenters. The average Bonchev–Trinajstić information content (AvgIpc) is 3.39. The Morgan fingerprint density at radius 1 is 1.18 bits per heavy atom. The third-order valence-corrected chi connectivity index (χ3v) is 4.83. The summed E-state index contributed by atoms with van der Waals surface area (Å²) in [6.45, 7) is 5.27. The van der Waals surface area contributed by atoms with Crippen molar-refractivity contribution in [1.82, 2.24) is 15.4 Å². The zero-order chi connectivity index (χ0) is 19.3. The van der Waals surface area contributed by atoms with Crippen molar-refractivity contribution in [2.24, 2.45) is 0 Å². The summed E-state index contributed by atoms with van der Waals surface area (Å²) in [5.74, 6) is 1.98. The summed E-state index contributed by atoms with van der Waals surface area (Å²) in [7, 11) is 0. The van der Waals surface area contributed by atoms with Gasteiger partial charge in [0.25, 0.3) is 5.91 Å². The van der Waals surface area contributed by atoms with Crippen molar-refractivity contribution in [1.29, 1.82) is 0 Å². The number of ether oxygens (including phenoxy) is 1. The lowest BCUT2D eigenvalue weighted by Gasteiger charge is -2.33. The topological polar surface area (TPSA) is 80.7 Å². The van der Waals surface area contributed by atoms with E-state index >= 15 is 0 Å². The van der Waals surface area contributed by atoms with Gasteiger partial charge in [0, 0.05) is 31.3 Å². The van der Waals surface area contributed by atoms with Gasteiger partial charge >= 0.3 is 0 Å². The van der Waals surface area contributed by atoms with E-state index in [0.717, 1.165) is 30.2 Å². The molecule has 28 heavy (non-hydrogen) atoms. The summed E-state index contributed by atoms with van der Waals surface area (Å²) in [6.07, 6.45) is 0. The van der Waals surface area contributed by atoms with E-state index in [-0.39, 0.29) is 17.6 Å². The molecule has 7 nitrogen and oxygen atoms in total. The standard InChI is InChI=1S/C21H23N3O4/c1-15-7-8-19(27-15)18(24-9-11-26-12-10-24)14-22-21(25)17-13-20(28-23-17)16-5-3-2-4-6-16/h2-8,13,18H,9-12,14H2,1H3,(H,22,25). The van der Waals surface area contributed by atoms with Crippen LogP contribution in [-0.4, -0.2) is 48.8 Å². The lowest BCUT2D eigenvalue weighted by molar-refractivity contribution is 0.0116. The number of furan rings is 1. The highest BCUT2D eigenvalue weighted by atomic mass is 16.5. The normalized spacial score (nSPS) is 16.0. The van der Waals surface area contributed by atoms with Gasteiger partial charge in [-0.1, -0.05) is 35.5 Å². The predicted octanol–water partition coefficient (Wildman–Crippen LogP) is 3.05. The molecular formula is C21H23N3O4. The number of benzene rings is 1. The van der Waals surface area contributed by atoms with Crippen LogP contribution in [0.25, 0.3) is 11.3 Å². The van der Waals surface area contributed by atoms with E-state index in [1.54, 1.807) is 6.07 Å². The highest BCUT2D eigenvalue weighted by molar-refractivity contribution is 5.93. The number of rotatable bonds is 6. The largest absolute Gasteiger partial charge is 0.465 e. The Kier molecular flexibility index (Phi) is 5.55. The van der Waals surface area contributed by atoms with Gasteiger partial charge in [-0.15, -0.1) is 0 Å². The van der Waals surface area contributed by atoms with Crippen LogP contribution in [0.15, 0.2) is 57.5 Å². The first-order valence-electron chi connectivity index (χ1n) is 9.39. The predicted molar refractivity (Wildman–Crippen MR) is 103 cm³/mol. The molecule has 1 N–H and O–H groups in total. The summed E-state index contributed by atoms with van der Waals surface area (Å²) in [5, 5.41) is 6.88. The Hall–Kier alpha value is -2.90. The summed E-state index contributed by atoms with van der Waals surface area (Å²) in [6, 6.07) is 15.1. The average molecular weight is 381 g/mol. The summed E-state index contributed by atoms with van der Waals surface area (Å²) >= 11 is 0. The molecule has 3 aromatic rings. The van der Waals surface area contributed by atoms with Crippen LogP contribution in [0.2, 0.25) is 0 Å². The molecule has 0 saturated carbocycles. The summed E-state index contributed by atoms with van der Waals surface area (Å²) in [5.41, 5.74) is 1.14. The second kappa shape index (κ2) is 8.41. The van der Waals surface area contributed by atoms with E-state index in [1.807, 2.05) is 49.4 Å². The van der Waals surface area contributed by atoms with Crippen molar-refractivity contribution >= 4 is 5.91 Å². The number of nitrogens with zero attached hydrogens (tertiary/aromatic N) is 2. The Labute approximate surface area is 163 Å². The molecule has 0 bridgehead atoms. The molecule has 1 aromatic carbocycles. The first-order chi connectivity index (χ1) is 13.7. The molecule has 1 aliphatic heterocycles. The summed E-state index contributed by atoms with van der Waals surface area (Å²) < 4.78 is 16.6. The van der Waals surface area contributed by atoms with Gasteiger partial charge in [-0.2, -0.15) is 0 Å². The SMILES string of the molecule is Cc1ccc(C(CNC(=O)c2cc(-c3ccccc3)on2)N2CCOCC2)o1. The third-order valence-electron chi connectivity index (χ3n) is 4.83. The number of hydrogen-bond acceptors (Lipinski definition) is 6. The molecule has 4 rings (SSSR count). The number of nitrogens with one attached hydrogen (secondary N) is 1. The van der Waals surface area contributed by atoms with E-state index in [2.05, 4.69) is 15.4 Å². The smallest absolute Gasteiger partial charge is 0.273 e. The zero-order valence-corrected chi connectivity index (χ0v) is 15.8. The van der Waals surface area contributed by atoms with Crippen LogP contribution in [0, 0.1) is 6.92 Å². The van der Waals surface area contributed by atoms with Crippen LogP contribution in [-0.2, 0) is 4.74 Å². The fraction of sp³-hybridized carbons (Fsp3) is 0.333. The first-order valence-corrected chi connectivity index (χ1v) is 9.39. The fourth-order valence-corrected chi connectivity index (χ4v) is 3.33. The molecule has 146 valence electrons. The molecular weight excluding hydrogens is 358 g/mol. The highest BCUT2D eigenvalue weighted by Crippen LogP contribution is 2.24. The highest BCUT2D eigenvalue weighted by Gasteiger charge is 2.26. The van der Waals surface area contributed by atoms with E-state index in [9.17, 15) is 4.79 Å². The Balaban J connectivity index is 1.45. The maximum Gasteiger partial charge on any atom is 0.273 e. The van der Waals surface area contributed by atoms with Gasteiger partial charge in [-0.05, 0) is 19.1 Å². The van der Waals surface area contributed by atoms with Crippen molar-refractivity contribution in [3.05, 3.63) is 65.7 Å². The maximum atomic E-state index is 12.6. The van der Waals surface area contributed by atoms with Gasteiger partial charge in [-0.3, -0.25) is 9.69 Å². The molecule has 1 atom stereocenters. The number of aryl methyl sites for hydroxylation is 1. The third kappa shape index (κ3) is 4.16. The quantitative estimate of drug-likeness (QED) is 0.707. The van der Waals surface area contributed by atoms with E-state index in [0.29, 0.717) is 25.5 Å². The molecule has 7 heteroatoms. The molecule has 1 saturated heterocycles.